The van der Waals surface area contributed by atoms with Gasteiger partial charge in [-0.3, -0.25) is 14.9 Å². The van der Waals surface area contributed by atoms with Crippen molar-refractivity contribution in [3.8, 4) is 17.2 Å². The number of nitrogens with zero attached hydrogens (tertiary/aromatic N) is 1. The zero-order valence-electron chi connectivity index (χ0n) is 20.9. The molecule has 0 bridgehead atoms. The van der Waals surface area contributed by atoms with E-state index in [1.54, 1.807) is 43.3 Å². The van der Waals surface area contributed by atoms with Gasteiger partial charge in [-0.05, 0) is 49.4 Å². The van der Waals surface area contributed by atoms with Gasteiger partial charge in [-0.25, -0.2) is 4.99 Å². The van der Waals surface area contributed by atoms with E-state index in [1.165, 1.54) is 46.6 Å². The smallest absolute Gasteiger partial charge is 0.258 e. The molecule has 190 valence electrons. The molecule has 2 aromatic carbocycles. The number of amides is 2. The zero-order chi connectivity index (χ0) is 26.7. The summed E-state index contributed by atoms with van der Waals surface area (Å²) in [5.41, 5.74) is 7.41. The van der Waals surface area contributed by atoms with Crippen LogP contribution in [-0.4, -0.2) is 46.2 Å². The Hall–Kier alpha value is -4.73. The quantitative estimate of drug-likeness (QED) is 0.151. The number of guanidine groups is 1. The van der Waals surface area contributed by atoms with Gasteiger partial charge in [0.25, 0.3) is 11.8 Å². The summed E-state index contributed by atoms with van der Waals surface area (Å²) in [6, 6.07) is 9.65. The molecule has 0 fully saturated rings. The molecule has 4 N–H and O–H groups in total. The molecule has 0 aliphatic carbocycles. The fourth-order valence-corrected chi connectivity index (χ4v) is 2.94. The summed E-state index contributed by atoms with van der Waals surface area (Å²) in [5, 5.41) is 5.28. The molecule has 0 aliphatic rings. The topological polar surface area (TPSA) is 134 Å². The molecule has 2 aromatic rings. The van der Waals surface area contributed by atoms with Gasteiger partial charge in [-0.1, -0.05) is 18.7 Å². The van der Waals surface area contributed by atoms with E-state index in [-0.39, 0.29) is 17.4 Å². The van der Waals surface area contributed by atoms with E-state index >= 15 is 0 Å². The highest BCUT2D eigenvalue weighted by Gasteiger charge is 2.17. The molecule has 36 heavy (non-hydrogen) atoms. The number of ether oxygens (including phenoxy) is 4. The van der Waals surface area contributed by atoms with Crippen LogP contribution in [0.1, 0.15) is 17.3 Å². The Bertz CT molecular complexity index is 1190. The Balaban J connectivity index is 2.19. The monoisotopic (exact) mass is 494 g/mol. The maximum atomic E-state index is 12.7. The van der Waals surface area contributed by atoms with Crippen LogP contribution in [0.25, 0.3) is 0 Å². The number of allylic oxidation sites excluding steroid dienone is 3. The van der Waals surface area contributed by atoms with E-state index in [4.69, 9.17) is 24.7 Å². The molecule has 0 aliphatic heterocycles. The average Bonchev–Trinajstić information content (AvgIpc) is 2.87. The predicted octanol–water partition coefficient (Wildman–Crippen LogP) is 3.69. The van der Waals surface area contributed by atoms with Crippen molar-refractivity contribution in [3.63, 3.8) is 0 Å². The van der Waals surface area contributed by atoms with Gasteiger partial charge in [0.1, 0.15) is 0 Å². The Kier molecular flexibility index (Phi) is 10.1. The van der Waals surface area contributed by atoms with Crippen LogP contribution in [0.2, 0.25) is 0 Å². The van der Waals surface area contributed by atoms with E-state index < -0.39 is 5.91 Å². The normalized spacial score (nSPS) is 11.9. The number of aliphatic imine (C=N–C) groups is 1. The Morgan fingerprint density at radius 2 is 1.67 bits per heavy atom. The fourth-order valence-electron chi connectivity index (χ4n) is 2.94. The van der Waals surface area contributed by atoms with Gasteiger partial charge in [0.05, 0.1) is 39.9 Å². The second-order valence-corrected chi connectivity index (χ2v) is 7.18. The highest BCUT2D eigenvalue weighted by Crippen LogP contribution is 2.38. The third kappa shape index (κ3) is 7.39. The summed E-state index contributed by atoms with van der Waals surface area (Å²) in [7, 11) is 5.91. The molecule has 10 heteroatoms. The van der Waals surface area contributed by atoms with Crippen LogP contribution in [0.15, 0.2) is 77.5 Å². The maximum absolute atomic E-state index is 12.7. The number of carbonyl (C=O) groups is 2. The first-order chi connectivity index (χ1) is 17.3. The van der Waals surface area contributed by atoms with Crippen molar-refractivity contribution in [2.75, 3.05) is 33.8 Å². The highest BCUT2D eigenvalue weighted by atomic mass is 16.5. The summed E-state index contributed by atoms with van der Waals surface area (Å²) in [4.78, 5) is 29.5. The third-order valence-corrected chi connectivity index (χ3v) is 4.82. The molecule has 0 atom stereocenters. The van der Waals surface area contributed by atoms with Crippen molar-refractivity contribution < 1.29 is 28.5 Å². The summed E-state index contributed by atoms with van der Waals surface area (Å²) < 4.78 is 20.9. The number of nitrogens with two attached hydrogens (primary N) is 1. The Morgan fingerprint density at radius 3 is 2.22 bits per heavy atom. The maximum Gasteiger partial charge on any atom is 0.258 e. The lowest BCUT2D eigenvalue weighted by atomic mass is 10.1. The number of nitrogens with one attached hydrogen (secondary N) is 2. The van der Waals surface area contributed by atoms with E-state index in [0.29, 0.717) is 40.0 Å². The molecule has 2 amide bonds. The van der Waals surface area contributed by atoms with Gasteiger partial charge in [0, 0.05) is 16.8 Å². The Labute approximate surface area is 210 Å². The van der Waals surface area contributed by atoms with Gasteiger partial charge < -0.3 is 30.0 Å². The summed E-state index contributed by atoms with van der Waals surface area (Å²) in [5.74, 6) is 0.599. The number of hydrogen-bond acceptors (Lipinski definition) is 7. The summed E-state index contributed by atoms with van der Waals surface area (Å²) in [6.45, 7) is 5.43. The number of methoxy groups -OCH3 is 4. The molecule has 0 aromatic heterocycles. The first-order valence-corrected chi connectivity index (χ1v) is 10.7. The second kappa shape index (κ2) is 13.2. The van der Waals surface area contributed by atoms with Crippen LogP contribution in [0, 0.1) is 0 Å². The molecular formula is C26H30N4O6. The number of anilines is 1. The Morgan fingerprint density at radius 1 is 1.00 bits per heavy atom. The highest BCUT2D eigenvalue weighted by molar-refractivity contribution is 6.07. The second-order valence-electron chi connectivity index (χ2n) is 7.18. The molecule has 0 spiro atoms. The van der Waals surface area contributed by atoms with E-state index in [2.05, 4.69) is 22.2 Å². The van der Waals surface area contributed by atoms with Crippen LogP contribution < -0.4 is 30.6 Å². The van der Waals surface area contributed by atoms with Gasteiger partial charge in [-0.15, -0.1) is 0 Å². The van der Waals surface area contributed by atoms with Gasteiger partial charge >= 0.3 is 0 Å². The number of rotatable bonds is 10. The van der Waals surface area contributed by atoms with Crippen LogP contribution in [0.3, 0.4) is 0 Å². The van der Waals surface area contributed by atoms with Gasteiger partial charge in [-0.2, -0.15) is 0 Å². The van der Waals surface area contributed by atoms with Crippen LogP contribution in [0.5, 0.6) is 17.2 Å². The molecule has 10 nitrogen and oxygen atoms in total. The lowest BCUT2D eigenvalue weighted by molar-refractivity contribution is -0.112. The van der Waals surface area contributed by atoms with Crippen LogP contribution >= 0.6 is 0 Å². The SMILES string of the molecule is C=CC(=CC=C(C)OC)C(=O)Nc1cccc(N=C(N)NC(=O)c2cc(OC)c(OC)c(OC)c2)c1. The molecule has 0 saturated carbocycles. The molecule has 0 radical (unpaired) electrons. The van der Waals surface area contributed by atoms with Gasteiger partial charge in [0.15, 0.2) is 11.5 Å². The minimum Gasteiger partial charge on any atom is -0.501 e. The average molecular weight is 495 g/mol. The first kappa shape index (κ1) is 27.5. The molecular weight excluding hydrogens is 464 g/mol. The number of carbonyl (C=O) groups excluding carboxylic acids is 2. The van der Waals surface area contributed by atoms with Crippen molar-refractivity contribution in [3.05, 3.63) is 78.1 Å². The first-order valence-electron chi connectivity index (χ1n) is 10.7. The zero-order valence-corrected chi connectivity index (χ0v) is 20.9. The fraction of sp³-hybridized carbons (Fsp3) is 0.192. The van der Waals surface area contributed by atoms with Gasteiger partial charge in [0.2, 0.25) is 11.7 Å². The van der Waals surface area contributed by atoms with Crippen molar-refractivity contribution in [2.45, 2.75) is 6.92 Å². The largest absolute Gasteiger partial charge is 0.501 e. The minimum absolute atomic E-state index is 0.149. The van der Waals surface area contributed by atoms with Crippen molar-refractivity contribution in [1.29, 1.82) is 0 Å². The molecule has 0 unspecified atom stereocenters. The van der Waals surface area contributed by atoms with Crippen molar-refractivity contribution in [2.24, 2.45) is 10.7 Å². The van der Waals surface area contributed by atoms with E-state index in [1.807, 2.05) is 0 Å². The third-order valence-electron chi connectivity index (χ3n) is 4.82. The van der Waals surface area contributed by atoms with E-state index in [0.717, 1.165) is 0 Å². The molecule has 0 saturated heterocycles. The standard InChI is InChI=1S/C26H30N4O6/c1-7-17(12-11-16(2)33-3)24(31)28-19-9-8-10-20(15-19)29-26(27)30-25(32)18-13-21(34-4)23(36-6)22(14-18)35-5/h7-15H,1H2,2-6H3,(H,28,31)(H3,27,29,30,32). The lowest BCUT2D eigenvalue weighted by Crippen LogP contribution is -2.36. The summed E-state index contributed by atoms with van der Waals surface area (Å²) in [6.07, 6.45) is 4.70. The molecule has 0 heterocycles. The van der Waals surface area contributed by atoms with Crippen LogP contribution in [0.4, 0.5) is 11.4 Å². The summed E-state index contributed by atoms with van der Waals surface area (Å²) >= 11 is 0. The van der Waals surface area contributed by atoms with Crippen LogP contribution in [-0.2, 0) is 9.53 Å². The number of hydrogen-bond donors (Lipinski definition) is 3. The van der Waals surface area contributed by atoms with E-state index in [9.17, 15) is 9.59 Å². The molecule has 2 rings (SSSR count). The van der Waals surface area contributed by atoms with Crippen molar-refractivity contribution in [1.82, 2.24) is 5.32 Å². The lowest BCUT2D eigenvalue weighted by Gasteiger charge is -2.14. The number of benzene rings is 2. The minimum atomic E-state index is -0.528. The predicted molar refractivity (Wildman–Crippen MR) is 139 cm³/mol. The van der Waals surface area contributed by atoms with Crippen molar-refractivity contribution >= 4 is 29.1 Å².